The number of aliphatic carboxylic acids is 1. The van der Waals surface area contributed by atoms with Gasteiger partial charge in [-0.05, 0) is 101 Å². The van der Waals surface area contributed by atoms with Crippen molar-refractivity contribution in [2.24, 2.45) is 0 Å². The first-order valence-electron chi connectivity index (χ1n) is 18.1. The van der Waals surface area contributed by atoms with E-state index in [0.29, 0.717) is 0 Å². The number of hydrogen-bond donors (Lipinski definition) is 1. The lowest BCUT2D eigenvalue weighted by Gasteiger charge is -2.34. The lowest BCUT2D eigenvalue weighted by Crippen LogP contribution is -2.26. The lowest BCUT2D eigenvalue weighted by atomic mass is 9.70. The Bertz CT molecular complexity index is 1940. The highest BCUT2D eigenvalue weighted by molar-refractivity contribution is 7.16. The third-order valence-electron chi connectivity index (χ3n) is 10.1. The molecule has 1 heterocycles. The highest BCUT2D eigenvalue weighted by Crippen LogP contribution is 2.56. The number of carboxylic acid groups (broad SMARTS) is 1. The summed E-state index contributed by atoms with van der Waals surface area (Å²) >= 11 is 1.53. The molecule has 1 aliphatic rings. The van der Waals surface area contributed by atoms with Crippen molar-refractivity contribution in [3.05, 3.63) is 131 Å². The number of fused-ring (bicyclic) bond motifs is 3. The zero-order chi connectivity index (χ0) is 34.9. The van der Waals surface area contributed by atoms with E-state index in [1.54, 1.807) is 0 Å². The molecule has 1 aliphatic carbocycles. The lowest BCUT2D eigenvalue weighted by molar-refractivity contribution is -0.132. The number of unbranched alkanes of at least 4 members (excludes halogenated alkanes) is 6. The van der Waals surface area contributed by atoms with Gasteiger partial charge in [-0.25, -0.2) is 4.79 Å². The first-order valence-corrected chi connectivity index (χ1v) is 19.0. The molecule has 0 atom stereocenters. The summed E-state index contributed by atoms with van der Waals surface area (Å²) in [5, 5.41) is 18.7. The monoisotopic (exact) mass is 678 g/mol. The van der Waals surface area contributed by atoms with Crippen LogP contribution in [0.2, 0.25) is 0 Å². The molecule has 0 bridgehead atoms. The molecule has 0 unspecified atom stereocenters. The van der Waals surface area contributed by atoms with E-state index in [1.807, 2.05) is 12.1 Å². The molecule has 50 heavy (non-hydrogen) atoms. The van der Waals surface area contributed by atoms with Crippen LogP contribution in [-0.2, 0) is 10.2 Å². The van der Waals surface area contributed by atoms with Crippen molar-refractivity contribution < 1.29 is 9.90 Å². The van der Waals surface area contributed by atoms with Crippen LogP contribution in [0.15, 0.2) is 115 Å². The highest BCUT2D eigenvalue weighted by atomic mass is 32.1. The number of carboxylic acids is 1. The molecule has 0 amide bonds. The minimum atomic E-state index is -1.20. The van der Waals surface area contributed by atoms with Crippen LogP contribution in [0.1, 0.15) is 94.1 Å². The number of rotatable bonds is 16. The van der Waals surface area contributed by atoms with Crippen LogP contribution in [0.3, 0.4) is 0 Å². The maximum absolute atomic E-state index is 11.5. The maximum Gasteiger partial charge on any atom is 0.346 e. The van der Waals surface area contributed by atoms with Gasteiger partial charge in [-0.15, -0.1) is 11.3 Å². The van der Waals surface area contributed by atoms with Crippen molar-refractivity contribution in [1.29, 1.82) is 5.26 Å². The van der Waals surface area contributed by atoms with Crippen LogP contribution in [-0.4, -0.2) is 11.1 Å². The van der Waals surface area contributed by atoms with Gasteiger partial charge in [0.1, 0.15) is 11.6 Å². The molecule has 254 valence electrons. The second kappa shape index (κ2) is 16.2. The van der Waals surface area contributed by atoms with E-state index in [1.165, 1.54) is 96.7 Å². The number of hydrogen-bond acceptors (Lipinski definition) is 4. The van der Waals surface area contributed by atoms with Crippen LogP contribution in [0, 0.1) is 11.3 Å². The molecule has 6 rings (SSSR count). The van der Waals surface area contributed by atoms with Crippen molar-refractivity contribution in [2.45, 2.75) is 83.5 Å². The molecule has 1 aromatic heterocycles. The fourth-order valence-corrected chi connectivity index (χ4v) is 8.56. The van der Waals surface area contributed by atoms with Crippen molar-refractivity contribution >= 4 is 40.4 Å². The van der Waals surface area contributed by atoms with Crippen LogP contribution in [0.4, 0.5) is 17.1 Å². The van der Waals surface area contributed by atoms with E-state index >= 15 is 0 Å². The fraction of sp³-hybridized carbons (Fsp3) is 0.289. The second-order valence-corrected chi connectivity index (χ2v) is 14.5. The predicted molar refractivity (Wildman–Crippen MR) is 209 cm³/mol. The normalized spacial score (nSPS) is 13.0. The third kappa shape index (κ3) is 7.32. The van der Waals surface area contributed by atoms with Crippen molar-refractivity contribution in [1.82, 2.24) is 0 Å². The smallest absolute Gasteiger partial charge is 0.346 e. The van der Waals surface area contributed by atoms with Crippen LogP contribution in [0.5, 0.6) is 0 Å². The first-order chi connectivity index (χ1) is 24.5. The zero-order valence-corrected chi connectivity index (χ0v) is 30.0. The summed E-state index contributed by atoms with van der Waals surface area (Å²) in [6.07, 6.45) is 13.4. The summed E-state index contributed by atoms with van der Waals surface area (Å²) in [6.45, 7) is 4.56. The molecule has 4 nitrogen and oxygen atoms in total. The Hall–Kier alpha value is -4.92. The van der Waals surface area contributed by atoms with Gasteiger partial charge in [-0.1, -0.05) is 120 Å². The molecule has 5 heteroatoms. The van der Waals surface area contributed by atoms with Gasteiger partial charge in [0, 0.05) is 32.2 Å². The summed E-state index contributed by atoms with van der Waals surface area (Å²) in [5.41, 5.74) is 9.71. The number of para-hydroxylation sites is 2. The average molecular weight is 679 g/mol. The second-order valence-electron chi connectivity index (χ2n) is 13.4. The topological polar surface area (TPSA) is 64.3 Å². The maximum atomic E-state index is 11.5. The van der Waals surface area contributed by atoms with Crippen LogP contribution in [0.25, 0.3) is 27.6 Å². The minimum absolute atomic E-state index is 0.117. The molecule has 0 spiro atoms. The summed E-state index contributed by atoms with van der Waals surface area (Å²) in [7, 11) is 0. The largest absolute Gasteiger partial charge is 0.477 e. The Balaban J connectivity index is 1.50. The van der Waals surface area contributed by atoms with Gasteiger partial charge < -0.3 is 10.0 Å². The Morgan fingerprint density at radius 1 is 0.720 bits per heavy atom. The number of nitrogens with zero attached hydrogens (tertiary/aromatic N) is 2. The molecule has 4 aromatic carbocycles. The number of carbonyl (C=O) groups is 1. The van der Waals surface area contributed by atoms with Gasteiger partial charge in [0.15, 0.2) is 0 Å². The molecule has 0 saturated carbocycles. The number of nitriles is 1. The Morgan fingerprint density at radius 2 is 1.30 bits per heavy atom. The van der Waals surface area contributed by atoms with Gasteiger partial charge in [0.2, 0.25) is 0 Å². The molecular weight excluding hydrogens is 633 g/mol. The molecule has 0 fully saturated rings. The third-order valence-corrected chi connectivity index (χ3v) is 11.2. The standard InChI is InChI=1S/C45H46N2O2S/c1-3-5-7-15-27-45(28-16-8-6-4-2)41-30-33(43-26-23-38(50-43)29-34(32-46)44(48)49)21-24-39(41)40-25-22-37(31-42(40)45)47(35-17-11-9-12-18-35)36-19-13-10-14-20-36/h9-14,17-26,29-31H,3-8,15-16,27-28H2,1-2H3,(H,48,49)/b34-29+. The number of thiophene rings is 1. The van der Waals surface area contributed by atoms with Gasteiger partial charge in [0.05, 0.1) is 0 Å². The molecule has 0 aliphatic heterocycles. The fourth-order valence-electron chi connectivity index (χ4n) is 7.62. The van der Waals surface area contributed by atoms with E-state index < -0.39 is 5.97 Å². The van der Waals surface area contributed by atoms with Gasteiger partial charge in [0.25, 0.3) is 0 Å². The Morgan fingerprint density at radius 3 is 1.86 bits per heavy atom. The van der Waals surface area contributed by atoms with E-state index in [2.05, 4.69) is 122 Å². The molecule has 1 N–H and O–H groups in total. The molecule has 5 aromatic rings. The number of benzene rings is 4. The van der Waals surface area contributed by atoms with Crippen molar-refractivity contribution in [2.75, 3.05) is 4.90 Å². The van der Waals surface area contributed by atoms with Crippen LogP contribution < -0.4 is 4.90 Å². The minimum Gasteiger partial charge on any atom is -0.477 e. The Kier molecular flexibility index (Phi) is 11.3. The first kappa shape index (κ1) is 34.9. The zero-order valence-electron chi connectivity index (χ0n) is 29.2. The Labute approximate surface area is 301 Å². The van der Waals surface area contributed by atoms with Gasteiger partial charge in [-0.3, -0.25) is 0 Å². The van der Waals surface area contributed by atoms with E-state index in [0.717, 1.165) is 39.5 Å². The van der Waals surface area contributed by atoms with E-state index in [-0.39, 0.29) is 11.0 Å². The SMILES string of the molecule is CCCCCCC1(CCCCCC)c2cc(-c3ccc(/C=C(\C#N)C(=O)O)s3)ccc2-c2ccc(N(c3ccccc3)c3ccccc3)cc21. The summed E-state index contributed by atoms with van der Waals surface area (Å²) in [4.78, 5) is 15.7. The molecule has 0 saturated heterocycles. The van der Waals surface area contributed by atoms with Crippen molar-refractivity contribution in [3.8, 4) is 27.6 Å². The van der Waals surface area contributed by atoms with E-state index in [9.17, 15) is 15.2 Å². The average Bonchev–Trinajstić information content (AvgIpc) is 3.72. The van der Waals surface area contributed by atoms with Gasteiger partial charge in [-0.2, -0.15) is 5.26 Å². The molecule has 0 radical (unpaired) electrons. The van der Waals surface area contributed by atoms with Gasteiger partial charge >= 0.3 is 5.97 Å². The summed E-state index contributed by atoms with van der Waals surface area (Å²) in [5.74, 6) is -1.20. The number of anilines is 3. The summed E-state index contributed by atoms with van der Waals surface area (Å²) < 4.78 is 0. The van der Waals surface area contributed by atoms with E-state index in [4.69, 9.17) is 0 Å². The molecular formula is C45H46N2O2S. The highest BCUT2D eigenvalue weighted by Gasteiger charge is 2.43. The van der Waals surface area contributed by atoms with Crippen LogP contribution >= 0.6 is 11.3 Å². The predicted octanol–water partition coefficient (Wildman–Crippen LogP) is 13.1. The summed E-state index contributed by atoms with van der Waals surface area (Å²) in [6, 6.07) is 41.2. The quantitative estimate of drug-likeness (QED) is 0.0641. The van der Waals surface area contributed by atoms with Crippen molar-refractivity contribution in [3.63, 3.8) is 0 Å².